The number of hydrogen-bond donors (Lipinski definition) is 3. The van der Waals surface area contributed by atoms with Crippen LogP contribution < -0.4 is 16.4 Å². The van der Waals surface area contributed by atoms with Crippen LogP contribution in [0, 0.1) is 5.92 Å². The molecule has 3 amide bonds. The summed E-state index contributed by atoms with van der Waals surface area (Å²) >= 11 is 0. The van der Waals surface area contributed by atoms with Crippen LogP contribution in [-0.4, -0.2) is 44.0 Å². The van der Waals surface area contributed by atoms with Crippen molar-refractivity contribution >= 4 is 27.6 Å². The second-order valence-corrected chi connectivity index (χ2v) is 8.42. The highest BCUT2D eigenvalue weighted by molar-refractivity contribution is 7.91. The zero-order chi connectivity index (χ0) is 19.9. The minimum Gasteiger partial charge on any atom is -0.368 e. The molecule has 0 spiro atoms. The molecule has 1 aromatic carbocycles. The Morgan fingerprint density at radius 1 is 1.08 bits per heavy atom. The van der Waals surface area contributed by atoms with Crippen LogP contribution >= 0.6 is 0 Å². The van der Waals surface area contributed by atoms with E-state index >= 15 is 0 Å². The fourth-order valence-electron chi connectivity index (χ4n) is 2.32. The maximum atomic E-state index is 12.3. The smallest absolute Gasteiger partial charge is 0.243 e. The van der Waals surface area contributed by atoms with E-state index in [0.717, 1.165) is 0 Å². The molecule has 0 bridgehead atoms. The van der Waals surface area contributed by atoms with Crippen LogP contribution in [0.15, 0.2) is 35.2 Å². The quantitative estimate of drug-likeness (QED) is 0.551. The van der Waals surface area contributed by atoms with E-state index < -0.39 is 33.7 Å². The molecule has 0 heterocycles. The molecule has 4 N–H and O–H groups in total. The molecule has 0 radical (unpaired) electrons. The third-order valence-corrected chi connectivity index (χ3v) is 5.51. The van der Waals surface area contributed by atoms with Gasteiger partial charge in [-0.05, 0) is 24.5 Å². The Kier molecular flexibility index (Phi) is 7.76. The molecular formula is C17H25N3O5S. The van der Waals surface area contributed by atoms with Crippen LogP contribution in [0.3, 0.4) is 0 Å². The average molecular weight is 383 g/mol. The first kappa shape index (κ1) is 21.6. The van der Waals surface area contributed by atoms with Gasteiger partial charge in [-0.25, -0.2) is 8.42 Å². The highest BCUT2D eigenvalue weighted by atomic mass is 32.2. The number of nitrogens with one attached hydrogen (secondary N) is 2. The number of benzene rings is 1. The Morgan fingerprint density at radius 3 is 2.12 bits per heavy atom. The lowest BCUT2D eigenvalue weighted by Crippen LogP contribution is -2.54. The van der Waals surface area contributed by atoms with E-state index in [2.05, 4.69) is 10.6 Å². The largest absolute Gasteiger partial charge is 0.368 e. The first-order chi connectivity index (χ1) is 12.0. The summed E-state index contributed by atoms with van der Waals surface area (Å²) in [5.41, 5.74) is 5.29. The van der Waals surface area contributed by atoms with Gasteiger partial charge in [0.1, 0.15) is 12.1 Å². The van der Waals surface area contributed by atoms with Crippen molar-refractivity contribution in [2.75, 3.05) is 5.75 Å². The zero-order valence-corrected chi connectivity index (χ0v) is 15.9. The van der Waals surface area contributed by atoms with Crippen molar-refractivity contribution in [3.63, 3.8) is 0 Å². The highest BCUT2D eigenvalue weighted by Gasteiger charge is 2.28. The van der Waals surface area contributed by atoms with Gasteiger partial charge in [0.05, 0.1) is 10.6 Å². The molecule has 1 aromatic rings. The van der Waals surface area contributed by atoms with E-state index in [0.29, 0.717) is 0 Å². The Hall–Kier alpha value is -2.42. The highest BCUT2D eigenvalue weighted by Crippen LogP contribution is 2.12. The van der Waals surface area contributed by atoms with E-state index in [4.69, 9.17) is 5.73 Å². The first-order valence-electron chi connectivity index (χ1n) is 8.19. The van der Waals surface area contributed by atoms with Gasteiger partial charge in [-0.2, -0.15) is 0 Å². The number of nitrogens with two attached hydrogens (primary N) is 1. The maximum absolute atomic E-state index is 12.3. The van der Waals surface area contributed by atoms with E-state index in [1.807, 2.05) is 0 Å². The lowest BCUT2D eigenvalue weighted by Gasteiger charge is -2.24. The van der Waals surface area contributed by atoms with Gasteiger partial charge in [-0.3, -0.25) is 14.4 Å². The molecule has 0 aliphatic heterocycles. The van der Waals surface area contributed by atoms with Crippen molar-refractivity contribution in [2.24, 2.45) is 11.7 Å². The van der Waals surface area contributed by atoms with Crippen molar-refractivity contribution in [1.29, 1.82) is 0 Å². The molecule has 0 aliphatic carbocycles. The van der Waals surface area contributed by atoms with Gasteiger partial charge in [0.25, 0.3) is 0 Å². The van der Waals surface area contributed by atoms with Gasteiger partial charge in [0, 0.05) is 6.92 Å². The van der Waals surface area contributed by atoms with Crippen LogP contribution in [0.5, 0.6) is 0 Å². The van der Waals surface area contributed by atoms with E-state index in [1.54, 1.807) is 32.0 Å². The maximum Gasteiger partial charge on any atom is 0.243 e. The molecule has 8 nitrogen and oxygen atoms in total. The molecule has 0 fully saturated rings. The molecule has 9 heteroatoms. The van der Waals surface area contributed by atoms with Crippen LogP contribution in [0.2, 0.25) is 0 Å². The summed E-state index contributed by atoms with van der Waals surface area (Å²) in [5.74, 6) is -2.39. The van der Waals surface area contributed by atoms with Crippen molar-refractivity contribution in [2.45, 2.75) is 44.2 Å². The van der Waals surface area contributed by atoms with Gasteiger partial charge in [-0.1, -0.05) is 32.0 Å². The number of sulfone groups is 1. The normalized spacial score (nSPS) is 13.7. The van der Waals surface area contributed by atoms with Crippen molar-refractivity contribution in [1.82, 2.24) is 10.6 Å². The Balaban J connectivity index is 2.82. The third-order valence-electron chi connectivity index (χ3n) is 3.75. The Bertz CT molecular complexity index is 747. The van der Waals surface area contributed by atoms with Gasteiger partial charge < -0.3 is 16.4 Å². The van der Waals surface area contributed by atoms with Crippen LogP contribution in [0.1, 0.15) is 27.2 Å². The summed E-state index contributed by atoms with van der Waals surface area (Å²) in [6.07, 6.45) is -0.164. The van der Waals surface area contributed by atoms with E-state index in [1.165, 1.54) is 19.1 Å². The van der Waals surface area contributed by atoms with E-state index in [-0.39, 0.29) is 28.9 Å². The summed E-state index contributed by atoms with van der Waals surface area (Å²) in [7, 11) is -3.61. The molecule has 144 valence electrons. The molecule has 0 aliphatic rings. The number of amides is 3. The van der Waals surface area contributed by atoms with Gasteiger partial charge in [-0.15, -0.1) is 0 Å². The molecule has 0 aromatic heterocycles. The SMILES string of the molecule is CC(=O)N[C@@H](C(=O)N[C@H](CCS(=O)(=O)c1ccccc1)C(N)=O)C(C)C. The van der Waals surface area contributed by atoms with Crippen LogP contribution in [-0.2, 0) is 24.2 Å². The summed E-state index contributed by atoms with van der Waals surface area (Å²) in [5, 5.41) is 4.93. The van der Waals surface area contributed by atoms with Crippen molar-refractivity contribution in [3.05, 3.63) is 30.3 Å². The average Bonchev–Trinajstić information content (AvgIpc) is 2.56. The molecule has 0 saturated carbocycles. The predicted molar refractivity (Wildman–Crippen MR) is 96.7 cm³/mol. The lowest BCUT2D eigenvalue weighted by molar-refractivity contribution is -0.131. The first-order valence-corrected chi connectivity index (χ1v) is 9.84. The third kappa shape index (κ3) is 6.47. The van der Waals surface area contributed by atoms with Crippen molar-refractivity contribution < 1.29 is 22.8 Å². The van der Waals surface area contributed by atoms with Crippen molar-refractivity contribution in [3.8, 4) is 0 Å². The number of carbonyl (C=O) groups is 3. The number of rotatable bonds is 9. The second kappa shape index (κ2) is 9.33. The fraction of sp³-hybridized carbons (Fsp3) is 0.471. The van der Waals surface area contributed by atoms with Gasteiger partial charge in [0.2, 0.25) is 17.7 Å². The molecule has 26 heavy (non-hydrogen) atoms. The summed E-state index contributed by atoms with van der Waals surface area (Å²) in [6, 6.07) is 5.80. The minimum absolute atomic E-state index is 0.132. The summed E-state index contributed by atoms with van der Waals surface area (Å²) < 4.78 is 24.6. The predicted octanol–water partition coefficient (Wildman–Crippen LogP) is -0.0188. The topological polar surface area (TPSA) is 135 Å². The monoisotopic (exact) mass is 383 g/mol. The van der Waals surface area contributed by atoms with Crippen LogP contribution in [0.4, 0.5) is 0 Å². The molecular weight excluding hydrogens is 358 g/mol. The second-order valence-electron chi connectivity index (χ2n) is 6.31. The molecule has 0 unspecified atom stereocenters. The van der Waals surface area contributed by atoms with Gasteiger partial charge >= 0.3 is 0 Å². The minimum atomic E-state index is -3.61. The summed E-state index contributed by atoms with van der Waals surface area (Å²) in [4.78, 5) is 35.3. The molecule has 2 atom stereocenters. The van der Waals surface area contributed by atoms with Gasteiger partial charge in [0.15, 0.2) is 9.84 Å². The Morgan fingerprint density at radius 2 is 1.65 bits per heavy atom. The fourth-order valence-corrected chi connectivity index (χ4v) is 3.67. The lowest BCUT2D eigenvalue weighted by atomic mass is 10.0. The Labute approximate surface area is 153 Å². The molecule has 0 saturated heterocycles. The van der Waals surface area contributed by atoms with Crippen LogP contribution in [0.25, 0.3) is 0 Å². The molecule has 1 rings (SSSR count). The van der Waals surface area contributed by atoms with E-state index in [9.17, 15) is 22.8 Å². The number of carbonyl (C=O) groups excluding carboxylic acids is 3. The standard InChI is InChI=1S/C17H25N3O5S/c1-11(2)15(19-12(3)21)17(23)20-14(16(18)22)9-10-26(24,25)13-7-5-4-6-8-13/h4-8,11,14-15H,9-10H2,1-3H3,(H2,18,22)(H,19,21)(H,20,23)/t14-,15-/m1/s1. The number of primary amides is 1. The summed E-state index contributed by atoms with van der Waals surface area (Å²) in [6.45, 7) is 4.75. The zero-order valence-electron chi connectivity index (χ0n) is 15.1. The number of hydrogen-bond acceptors (Lipinski definition) is 5.